The molecule has 0 spiro atoms. The van der Waals surface area contributed by atoms with Gasteiger partial charge in [0, 0.05) is 35.3 Å². The Labute approximate surface area is 172 Å². The fourth-order valence-electron chi connectivity index (χ4n) is 3.26. The van der Waals surface area contributed by atoms with Crippen molar-refractivity contribution in [3.05, 3.63) is 96.4 Å². The van der Waals surface area contributed by atoms with Crippen molar-refractivity contribution in [2.24, 2.45) is 0 Å². The minimum absolute atomic E-state index is 0.230. The van der Waals surface area contributed by atoms with Gasteiger partial charge < -0.3 is 14.2 Å². The predicted octanol–water partition coefficient (Wildman–Crippen LogP) is 5.22. The first-order chi connectivity index (χ1) is 14.7. The van der Waals surface area contributed by atoms with E-state index in [1.165, 1.54) is 5.56 Å². The van der Waals surface area contributed by atoms with Crippen molar-refractivity contribution >= 4 is 17.2 Å². The number of benzene rings is 2. The van der Waals surface area contributed by atoms with Gasteiger partial charge in [-0.15, -0.1) is 0 Å². The van der Waals surface area contributed by atoms with E-state index >= 15 is 0 Å². The zero-order chi connectivity index (χ0) is 20.5. The lowest BCUT2D eigenvalue weighted by Crippen LogP contribution is -2.11. The number of carbonyl (C=O) groups is 1. The van der Waals surface area contributed by atoms with Crippen LogP contribution in [-0.2, 0) is 0 Å². The lowest BCUT2D eigenvalue weighted by atomic mass is 10.1. The van der Waals surface area contributed by atoms with Crippen LogP contribution in [0.3, 0.4) is 0 Å². The SMILES string of the molecule is Cc1ccn2cc(-c3ccc(NC(=O)c4cc(-c5ccccc5)on4)cc3)nc2c1. The highest BCUT2D eigenvalue weighted by Gasteiger charge is 2.14. The molecule has 0 saturated heterocycles. The van der Waals surface area contributed by atoms with Crippen LogP contribution in [0.25, 0.3) is 28.2 Å². The van der Waals surface area contributed by atoms with Crippen LogP contribution in [0.4, 0.5) is 5.69 Å². The summed E-state index contributed by atoms with van der Waals surface area (Å²) < 4.78 is 7.30. The second-order valence-corrected chi connectivity index (χ2v) is 7.07. The van der Waals surface area contributed by atoms with Gasteiger partial charge in [0.1, 0.15) is 5.65 Å². The Hall–Kier alpha value is -4.19. The number of rotatable bonds is 4. The molecule has 1 amide bonds. The molecule has 0 bridgehead atoms. The molecule has 6 heteroatoms. The van der Waals surface area contributed by atoms with Gasteiger partial charge in [-0.2, -0.15) is 0 Å². The number of aromatic nitrogens is 3. The lowest BCUT2D eigenvalue weighted by Gasteiger charge is -2.03. The summed E-state index contributed by atoms with van der Waals surface area (Å²) in [6.45, 7) is 2.05. The smallest absolute Gasteiger partial charge is 0.277 e. The highest BCUT2D eigenvalue weighted by molar-refractivity contribution is 6.03. The minimum atomic E-state index is -0.322. The van der Waals surface area contributed by atoms with Crippen LogP contribution in [0.5, 0.6) is 0 Å². The molecule has 0 radical (unpaired) electrons. The van der Waals surface area contributed by atoms with E-state index in [2.05, 4.69) is 15.5 Å². The van der Waals surface area contributed by atoms with Crippen molar-refractivity contribution in [3.8, 4) is 22.6 Å². The van der Waals surface area contributed by atoms with Crippen LogP contribution in [0.2, 0.25) is 0 Å². The molecule has 0 aliphatic heterocycles. The number of carbonyl (C=O) groups excluding carboxylic acids is 1. The predicted molar refractivity (Wildman–Crippen MR) is 115 cm³/mol. The number of nitrogens with one attached hydrogen (secondary N) is 1. The number of hydrogen-bond acceptors (Lipinski definition) is 4. The molecule has 0 saturated carbocycles. The summed E-state index contributed by atoms with van der Waals surface area (Å²) in [5, 5.41) is 6.73. The molecule has 5 aromatic rings. The van der Waals surface area contributed by atoms with Crippen molar-refractivity contribution < 1.29 is 9.32 Å². The summed E-state index contributed by atoms with van der Waals surface area (Å²) in [6, 6.07) is 22.8. The molecule has 0 unspecified atom stereocenters. The molecule has 3 aromatic heterocycles. The zero-order valence-corrected chi connectivity index (χ0v) is 16.2. The van der Waals surface area contributed by atoms with E-state index in [0.717, 1.165) is 22.5 Å². The van der Waals surface area contributed by atoms with E-state index in [1.54, 1.807) is 6.07 Å². The van der Waals surface area contributed by atoms with Crippen LogP contribution in [-0.4, -0.2) is 20.4 Å². The molecule has 0 fully saturated rings. The van der Waals surface area contributed by atoms with Crippen LogP contribution in [0.1, 0.15) is 16.1 Å². The zero-order valence-electron chi connectivity index (χ0n) is 16.2. The van der Waals surface area contributed by atoms with Gasteiger partial charge in [0.15, 0.2) is 11.5 Å². The quantitative estimate of drug-likeness (QED) is 0.454. The van der Waals surface area contributed by atoms with Gasteiger partial charge in [-0.1, -0.05) is 47.6 Å². The molecule has 0 atom stereocenters. The summed E-state index contributed by atoms with van der Waals surface area (Å²) in [5.41, 5.74) is 5.70. The van der Waals surface area contributed by atoms with Gasteiger partial charge in [-0.3, -0.25) is 4.79 Å². The Morgan fingerprint density at radius 3 is 2.57 bits per heavy atom. The number of imidazole rings is 1. The molecule has 146 valence electrons. The molecule has 0 aliphatic rings. The summed E-state index contributed by atoms with van der Waals surface area (Å²) in [4.78, 5) is 17.2. The van der Waals surface area contributed by atoms with Gasteiger partial charge in [-0.25, -0.2) is 4.98 Å². The first kappa shape index (κ1) is 17.9. The monoisotopic (exact) mass is 394 g/mol. The Kier molecular flexibility index (Phi) is 4.37. The fraction of sp³-hybridized carbons (Fsp3) is 0.0417. The maximum atomic E-state index is 12.5. The standard InChI is InChI=1S/C24H18N4O2/c1-16-11-12-28-15-21(26-23(28)13-16)17-7-9-19(10-8-17)25-24(29)20-14-22(30-27-20)18-5-3-2-4-6-18/h2-15H,1H3,(H,25,29). The first-order valence-electron chi connectivity index (χ1n) is 9.55. The minimum Gasteiger partial charge on any atom is -0.355 e. The second kappa shape index (κ2) is 7.33. The van der Waals surface area contributed by atoms with E-state index in [4.69, 9.17) is 4.52 Å². The van der Waals surface area contributed by atoms with Crippen molar-refractivity contribution in [3.63, 3.8) is 0 Å². The van der Waals surface area contributed by atoms with E-state index < -0.39 is 0 Å². The second-order valence-electron chi connectivity index (χ2n) is 7.07. The third-order valence-corrected chi connectivity index (χ3v) is 4.86. The van der Waals surface area contributed by atoms with E-state index in [9.17, 15) is 4.79 Å². The molecular formula is C24H18N4O2. The van der Waals surface area contributed by atoms with Crippen molar-refractivity contribution in [1.29, 1.82) is 0 Å². The fourth-order valence-corrected chi connectivity index (χ4v) is 3.26. The number of nitrogens with zero attached hydrogens (tertiary/aromatic N) is 3. The number of hydrogen-bond donors (Lipinski definition) is 1. The Bertz CT molecular complexity index is 1330. The van der Waals surface area contributed by atoms with Crippen LogP contribution >= 0.6 is 0 Å². The van der Waals surface area contributed by atoms with E-state index in [-0.39, 0.29) is 11.6 Å². The normalized spacial score (nSPS) is 11.0. The Morgan fingerprint density at radius 1 is 0.967 bits per heavy atom. The van der Waals surface area contributed by atoms with Crippen LogP contribution in [0.15, 0.2) is 89.7 Å². The Balaban J connectivity index is 1.32. The van der Waals surface area contributed by atoms with Crippen LogP contribution in [0, 0.1) is 6.92 Å². The third-order valence-electron chi connectivity index (χ3n) is 4.86. The summed E-state index contributed by atoms with van der Waals surface area (Å²) >= 11 is 0. The Morgan fingerprint density at radius 2 is 1.77 bits per heavy atom. The number of fused-ring (bicyclic) bond motifs is 1. The molecule has 5 rings (SSSR count). The van der Waals surface area contributed by atoms with Crippen molar-refractivity contribution in [2.45, 2.75) is 6.92 Å². The van der Waals surface area contributed by atoms with Crippen LogP contribution < -0.4 is 5.32 Å². The molecule has 2 aromatic carbocycles. The number of amides is 1. The topological polar surface area (TPSA) is 72.4 Å². The highest BCUT2D eigenvalue weighted by atomic mass is 16.5. The van der Waals surface area contributed by atoms with Crippen molar-refractivity contribution in [2.75, 3.05) is 5.32 Å². The maximum Gasteiger partial charge on any atom is 0.277 e. The number of anilines is 1. The molecule has 0 aliphatic carbocycles. The molecular weight excluding hydrogens is 376 g/mol. The van der Waals surface area contributed by atoms with E-state index in [0.29, 0.717) is 11.4 Å². The molecule has 6 nitrogen and oxygen atoms in total. The molecule has 1 N–H and O–H groups in total. The lowest BCUT2D eigenvalue weighted by molar-refractivity contribution is 0.101. The molecule has 3 heterocycles. The van der Waals surface area contributed by atoms with E-state index in [1.807, 2.05) is 90.4 Å². The van der Waals surface area contributed by atoms with Gasteiger partial charge in [-0.05, 0) is 36.8 Å². The average molecular weight is 394 g/mol. The van der Waals surface area contributed by atoms with Gasteiger partial charge >= 0.3 is 0 Å². The summed E-state index contributed by atoms with van der Waals surface area (Å²) in [7, 11) is 0. The summed E-state index contributed by atoms with van der Waals surface area (Å²) in [6.07, 6.45) is 3.99. The highest BCUT2D eigenvalue weighted by Crippen LogP contribution is 2.23. The van der Waals surface area contributed by atoms with Gasteiger partial charge in [0.25, 0.3) is 5.91 Å². The maximum absolute atomic E-state index is 12.5. The van der Waals surface area contributed by atoms with Crippen molar-refractivity contribution in [1.82, 2.24) is 14.5 Å². The summed E-state index contributed by atoms with van der Waals surface area (Å²) in [5.74, 6) is 0.232. The number of aryl methyl sites for hydroxylation is 1. The third kappa shape index (κ3) is 3.46. The molecule has 30 heavy (non-hydrogen) atoms. The average Bonchev–Trinajstić information content (AvgIpc) is 3.42. The van der Waals surface area contributed by atoms with Gasteiger partial charge in [0.2, 0.25) is 0 Å². The number of pyridine rings is 1. The van der Waals surface area contributed by atoms with Gasteiger partial charge in [0.05, 0.1) is 5.69 Å². The largest absolute Gasteiger partial charge is 0.355 e. The first-order valence-corrected chi connectivity index (χ1v) is 9.55.